The second-order valence-electron chi connectivity index (χ2n) is 3.94. The van der Waals surface area contributed by atoms with Crippen LogP contribution in [0, 0.1) is 5.82 Å². The smallest absolute Gasteiger partial charge is 0.145 e. The predicted octanol–water partition coefficient (Wildman–Crippen LogP) is 3.65. The van der Waals surface area contributed by atoms with E-state index < -0.39 is 5.82 Å². The molecule has 2 aromatic rings. The molecule has 0 aliphatic heterocycles. The number of nitrogens with two attached hydrogens (primary N) is 1. The van der Waals surface area contributed by atoms with Crippen molar-refractivity contribution in [3.05, 3.63) is 52.8 Å². The molecule has 0 aromatic heterocycles. The molecule has 100 valence electrons. The Kier molecular flexibility index (Phi) is 4.12. The molecule has 0 bridgehead atoms. The van der Waals surface area contributed by atoms with Crippen molar-refractivity contribution >= 4 is 17.3 Å². The Morgan fingerprint density at radius 1 is 1.21 bits per heavy atom. The van der Waals surface area contributed by atoms with E-state index >= 15 is 0 Å². The van der Waals surface area contributed by atoms with Crippen molar-refractivity contribution in [3.63, 3.8) is 0 Å². The van der Waals surface area contributed by atoms with E-state index in [0.717, 1.165) is 5.56 Å². The lowest BCUT2D eigenvalue weighted by molar-refractivity contribution is 0.304. The fourth-order valence-corrected chi connectivity index (χ4v) is 1.72. The summed E-state index contributed by atoms with van der Waals surface area (Å²) in [6, 6.07) is 9.66. The highest BCUT2D eigenvalue weighted by Gasteiger charge is 2.04. The Hall–Kier alpha value is -1.94. The van der Waals surface area contributed by atoms with E-state index in [0.29, 0.717) is 17.2 Å². The zero-order valence-corrected chi connectivity index (χ0v) is 11.1. The lowest BCUT2D eigenvalue weighted by Crippen LogP contribution is -1.98. The van der Waals surface area contributed by atoms with Crippen LogP contribution in [0.2, 0.25) is 5.02 Å². The Labute approximate surface area is 115 Å². The summed E-state index contributed by atoms with van der Waals surface area (Å²) >= 11 is 5.59. The van der Waals surface area contributed by atoms with Crippen LogP contribution in [-0.2, 0) is 6.61 Å². The molecule has 2 rings (SSSR count). The third-order valence-corrected chi connectivity index (χ3v) is 2.90. The van der Waals surface area contributed by atoms with Crippen molar-refractivity contribution in [2.75, 3.05) is 12.8 Å². The summed E-state index contributed by atoms with van der Waals surface area (Å²) in [4.78, 5) is 0. The number of nitrogen functional groups attached to an aromatic ring is 1. The molecule has 0 saturated heterocycles. The number of ether oxygens (including phenoxy) is 2. The lowest BCUT2D eigenvalue weighted by Gasteiger charge is -2.09. The number of benzene rings is 2. The largest absolute Gasteiger partial charge is 0.495 e. The Morgan fingerprint density at radius 3 is 2.63 bits per heavy atom. The van der Waals surface area contributed by atoms with Crippen LogP contribution in [0.1, 0.15) is 5.56 Å². The molecule has 3 nitrogen and oxygen atoms in total. The summed E-state index contributed by atoms with van der Waals surface area (Å²) in [6.45, 7) is 0.287. The van der Waals surface area contributed by atoms with E-state index in [1.165, 1.54) is 12.1 Å². The summed E-state index contributed by atoms with van der Waals surface area (Å²) in [5.41, 5.74) is 7.19. The molecule has 0 saturated carbocycles. The number of rotatable bonds is 4. The lowest BCUT2D eigenvalue weighted by atomic mass is 10.2. The molecule has 0 fully saturated rings. The average molecular weight is 282 g/mol. The van der Waals surface area contributed by atoms with Gasteiger partial charge in [-0.15, -0.1) is 0 Å². The van der Waals surface area contributed by atoms with Gasteiger partial charge in [0.15, 0.2) is 0 Å². The van der Waals surface area contributed by atoms with E-state index in [1.54, 1.807) is 25.3 Å². The first kappa shape index (κ1) is 13.5. The SMILES string of the molecule is COc1ccc(COc2ccc(Cl)c(F)c2)cc1N. The van der Waals surface area contributed by atoms with Gasteiger partial charge in [0.05, 0.1) is 17.8 Å². The third-order valence-electron chi connectivity index (χ3n) is 2.59. The van der Waals surface area contributed by atoms with Crippen molar-refractivity contribution in [1.82, 2.24) is 0 Å². The van der Waals surface area contributed by atoms with Crippen LogP contribution in [0.25, 0.3) is 0 Å². The van der Waals surface area contributed by atoms with Gasteiger partial charge in [0.25, 0.3) is 0 Å². The highest BCUT2D eigenvalue weighted by Crippen LogP contribution is 2.24. The molecule has 0 heterocycles. The maximum absolute atomic E-state index is 13.2. The maximum Gasteiger partial charge on any atom is 0.145 e. The summed E-state index contributed by atoms with van der Waals surface area (Å²) in [7, 11) is 1.55. The van der Waals surface area contributed by atoms with Crippen molar-refractivity contribution in [1.29, 1.82) is 0 Å². The van der Waals surface area contributed by atoms with Crippen LogP contribution in [0.4, 0.5) is 10.1 Å². The van der Waals surface area contributed by atoms with Gasteiger partial charge in [-0.1, -0.05) is 17.7 Å². The summed E-state index contributed by atoms with van der Waals surface area (Å²) in [5.74, 6) is 0.519. The minimum absolute atomic E-state index is 0.0704. The zero-order valence-electron chi connectivity index (χ0n) is 10.3. The van der Waals surface area contributed by atoms with Crippen LogP contribution in [0.5, 0.6) is 11.5 Å². The zero-order chi connectivity index (χ0) is 13.8. The van der Waals surface area contributed by atoms with Gasteiger partial charge in [-0.05, 0) is 29.8 Å². The van der Waals surface area contributed by atoms with E-state index in [1.807, 2.05) is 6.07 Å². The molecule has 0 spiro atoms. The van der Waals surface area contributed by atoms with Crippen molar-refractivity contribution in [3.8, 4) is 11.5 Å². The van der Waals surface area contributed by atoms with Crippen LogP contribution < -0.4 is 15.2 Å². The quantitative estimate of drug-likeness (QED) is 0.870. The first-order chi connectivity index (χ1) is 9.10. The first-order valence-corrected chi connectivity index (χ1v) is 5.98. The van der Waals surface area contributed by atoms with E-state index in [4.69, 9.17) is 26.8 Å². The Morgan fingerprint density at radius 2 is 2.00 bits per heavy atom. The molecule has 19 heavy (non-hydrogen) atoms. The number of hydrogen-bond acceptors (Lipinski definition) is 3. The summed E-state index contributed by atoms with van der Waals surface area (Å²) in [5, 5.41) is 0.0704. The highest BCUT2D eigenvalue weighted by atomic mass is 35.5. The summed E-state index contributed by atoms with van der Waals surface area (Å²) < 4.78 is 23.7. The molecule has 0 aliphatic rings. The number of hydrogen-bond donors (Lipinski definition) is 1. The van der Waals surface area contributed by atoms with Crippen LogP contribution in [0.3, 0.4) is 0 Å². The van der Waals surface area contributed by atoms with Gasteiger partial charge in [-0.3, -0.25) is 0 Å². The molecular formula is C14H13ClFNO2. The van der Waals surface area contributed by atoms with Crippen molar-refractivity contribution in [2.24, 2.45) is 0 Å². The predicted molar refractivity (Wildman–Crippen MR) is 73.1 cm³/mol. The average Bonchev–Trinajstić information content (AvgIpc) is 2.40. The minimum Gasteiger partial charge on any atom is -0.495 e. The Bertz CT molecular complexity index is 590. The van der Waals surface area contributed by atoms with Gasteiger partial charge in [0.2, 0.25) is 0 Å². The molecule has 0 atom stereocenters. The Balaban J connectivity index is 2.05. The second kappa shape index (κ2) is 5.80. The van der Waals surface area contributed by atoms with E-state index in [9.17, 15) is 4.39 Å². The molecule has 0 radical (unpaired) electrons. The molecule has 0 amide bonds. The molecular weight excluding hydrogens is 269 g/mol. The van der Waals surface area contributed by atoms with Crippen molar-refractivity contribution < 1.29 is 13.9 Å². The van der Waals surface area contributed by atoms with Gasteiger partial charge in [0, 0.05) is 6.07 Å². The number of methoxy groups -OCH3 is 1. The molecule has 5 heteroatoms. The fraction of sp³-hybridized carbons (Fsp3) is 0.143. The number of anilines is 1. The third kappa shape index (κ3) is 3.29. The minimum atomic E-state index is -0.506. The van der Waals surface area contributed by atoms with Gasteiger partial charge < -0.3 is 15.2 Å². The highest BCUT2D eigenvalue weighted by molar-refractivity contribution is 6.30. The second-order valence-corrected chi connectivity index (χ2v) is 4.35. The van der Waals surface area contributed by atoms with Crippen LogP contribution in [0.15, 0.2) is 36.4 Å². The molecule has 2 N–H and O–H groups in total. The normalized spacial score (nSPS) is 10.3. The number of halogens is 2. The van der Waals surface area contributed by atoms with Gasteiger partial charge in [-0.2, -0.15) is 0 Å². The van der Waals surface area contributed by atoms with Crippen LogP contribution >= 0.6 is 11.6 Å². The van der Waals surface area contributed by atoms with Crippen LogP contribution in [-0.4, -0.2) is 7.11 Å². The first-order valence-electron chi connectivity index (χ1n) is 5.60. The molecule has 0 aliphatic carbocycles. The van der Waals surface area contributed by atoms with Gasteiger partial charge in [0.1, 0.15) is 23.9 Å². The van der Waals surface area contributed by atoms with E-state index in [2.05, 4.69) is 0 Å². The standard InChI is InChI=1S/C14H13ClFNO2/c1-18-14-5-2-9(6-13(14)17)8-19-10-3-4-11(15)12(16)7-10/h2-7H,8,17H2,1H3. The molecule has 0 unspecified atom stereocenters. The van der Waals surface area contributed by atoms with Gasteiger partial charge in [-0.25, -0.2) is 4.39 Å². The van der Waals surface area contributed by atoms with Crippen molar-refractivity contribution in [2.45, 2.75) is 6.61 Å². The van der Waals surface area contributed by atoms with E-state index in [-0.39, 0.29) is 11.6 Å². The monoisotopic (exact) mass is 281 g/mol. The topological polar surface area (TPSA) is 44.5 Å². The maximum atomic E-state index is 13.2. The summed E-state index contributed by atoms with van der Waals surface area (Å²) in [6.07, 6.45) is 0. The fourth-order valence-electron chi connectivity index (χ4n) is 1.61. The molecule has 2 aromatic carbocycles. The van der Waals surface area contributed by atoms with Gasteiger partial charge >= 0.3 is 0 Å².